The van der Waals surface area contributed by atoms with E-state index in [0.29, 0.717) is 0 Å². The summed E-state index contributed by atoms with van der Waals surface area (Å²) in [6.07, 6.45) is 1.33. The number of nitrogens with zero attached hydrogens (tertiary/aromatic N) is 4. The van der Waals surface area contributed by atoms with E-state index in [9.17, 15) is 18.8 Å². The highest BCUT2D eigenvalue weighted by Crippen LogP contribution is 2.05. The van der Waals surface area contributed by atoms with Gasteiger partial charge in [-0.2, -0.15) is 0 Å². The van der Waals surface area contributed by atoms with E-state index in [2.05, 4.69) is 22.1 Å². The molecular weight excluding hydrogens is 353 g/mol. The molecule has 2 heterocycles. The van der Waals surface area contributed by atoms with Crippen LogP contribution in [0.3, 0.4) is 0 Å². The Morgan fingerprint density at radius 1 is 1.22 bits per heavy atom. The van der Waals surface area contributed by atoms with E-state index in [1.54, 1.807) is 18.2 Å². The fraction of sp³-hybridized carbons (Fsp3) is 0.222. The molecule has 3 aromatic rings. The number of hydrogen-bond acceptors (Lipinski definition) is 4. The van der Waals surface area contributed by atoms with Crippen LogP contribution in [-0.2, 0) is 25.4 Å². The van der Waals surface area contributed by atoms with Crippen LogP contribution in [0.1, 0.15) is 5.56 Å². The number of halogens is 1. The topological polar surface area (TPSA) is 90.9 Å². The number of carbonyl (C=O) groups excluding carboxylic acids is 1. The average molecular weight is 369 g/mol. The lowest BCUT2D eigenvalue weighted by molar-refractivity contribution is -0.121. The molecular formula is C18H16FN5O3. The number of nitrogens with one attached hydrogen (secondary N) is 1. The minimum absolute atomic E-state index is 0.0241. The molecule has 0 radical (unpaired) electrons. The van der Waals surface area contributed by atoms with Gasteiger partial charge in [0.15, 0.2) is 11.2 Å². The first-order valence-electron chi connectivity index (χ1n) is 8.01. The third kappa shape index (κ3) is 3.50. The number of aryl methyl sites for hydroxylation is 1. The van der Waals surface area contributed by atoms with E-state index in [1.807, 2.05) is 0 Å². The van der Waals surface area contributed by atoms with Gasteiger partial charge >= 0.3 is 5.69 Å². The molecule has 0 fully saturated rings. The number of carbonyl (C=O) groups is 1. The first-order valence-corrected chi connectivity index (χ1v) is 8.01. The van der Waals surface area contributed by atoms with Gasteiger partial charge in [0.25, 0.3) is 5.56 Å². The Morgan fingerprint density at radius 3 is 2.70 bits per heavy atom. The Morgan fingerprint density at radius 2 is 1.96 bits per heavy atom. The zero-order valence-electron chi connectivity index (χ0n) is 14.7. The summed E-state index contributed by atoms with van der Waals surface area (Å²) in [4.78, 5) is 40.4. The van der Waals surface area contributed by atoms with Gasteiger partial charge in [0, 0.05) is 14.1 Å². The molecule has 3 rings (SSSR count). The molecule has 0 saturated heterocycles. The van der Waals surface area contributed by atoms with Crippen molar-refractivity contribution in [1.82, 2.24) is 24.0 Å². The molecule has 0 saturated carbocycles. The fourth-order valence-electron chi connectivity index (χ4n) is 2.57. The molecule has 0 atom stereocenters. The number of hydrogen-bond donors (Lipinski definition) is 1. The molecule has 1 N–H and O–H groups in total. The smallest absolute Gasteiger partial charge is 0.332 e. The van der Waals surface area contributed by atoms with Crippen LogP contribution < -0.4 is 16.6 Å². The van der Waals surface area contributed by atoms with E-state index in [0.717, 1.165) is 4.57 Å². The van der Waals surface area contributed by atoms with Crippen LogP contribution in [0.5, 0.6) is 0 Å². The maximum atomic E-state index is 13.5. The molecule has 138 valence electrons. The molecule has 2 aromatic heterocycles. The summed E-state index contributed by atoms with van der Waals surface area (Å²) in [5.74, 6) is 4.48. The zero-order valence-corrected chi connectivity index (χ0v) is 14.7. The molecule has 0 aliphatic heterocycles. The molecule has 1 aromatic carbocycles. The standard InChI is InChI=1S/C18H16FN5O3/c1-22-16-15(17(26)23(2)18(22)27)24(11-21-16)10-14(25)20-9-5-7-12-6-3-4-8-13(12)19/h3-4,6,8,11H,9-10H2,1-2H3,(H,20,25). The van der Waals surface area contributed by atoms with Crippen molar-refractivity contribution in [2.24, 2.45) is 14.1 Å². The third-order valence-corrected chi connectivity index (χ3v) is 4.00. The van der Waals surface area contributed by atoms with E-state index >= 15 is 0 Å². The van der Waals surface area contributed by atoms with Crippen molar-refractivity contribution in [1.29, 1.82) is 0 Å². The molecule has 27 heavy (non-hydrogen) atoms. The van der Waals surface area contributed by atoms with Crippen LogP contribution in [0.4, 0.5) is 4.39 Å². The van der Waals surface area contributed by atoms with Crippen molar-refractivity contribution in [2.75, 3.05) is 6.54 Å². The van der Waals surface area contributed by atoms with Gasteiger partial charge in [0.2, 0.25) is 5.91 Å². The maximum Gasteiger partial charge on any atom is 0.332 e. The highest BCUT2D eigenvalue weighted by atomic mass is 19.1. The van der Waals surface area contributed by atoms with Gasteiger partial charge in [-0.15, -0.1) is 0 Å². The normalized spacial score (nSPS) is 10.5. The molecule has 9 heteroatoms. The summed E-state index contributed by atoms with van der Waals surface area (Å²) >= 11 is 0. The summed E-state index contributed by atoms with van der Waals surface area (Å²) in [5.41, 5.74) is -0.414. The van der Waals surface area contributed by atoms with Crippen molar-refractivity contribution in [2.45, 2.75) is 6.54 Å². The largest absolute Gasteiger partial charge is 0.344 e. The van der Waals surface area contributed by atoms with Crippen LogP contribution in [0.25, 0.3) is 11.2 Å². The van der Waals surface area contributed by atoms with E-state index in [-0.39, 0.29) is 29.8 Å². The number of rotatable bonds is 3. The SMILES string of the molecule is Cn1c(=O)c2c(ncn2CC(=O)NCC#Cc2ccccc2F)n(C)c1=O. The number of amides is 1. The molecule has 8 nitrogen and oxygen atoms in total. The summed E-state index contributed by atoms with van der Waals surface area (Å²) < 4.78 is 17.0. The summed E-state index contributed by atoms with van der Waals surface area (Å²) in [6, 6.07) is 6.09. The second kappa shape index (κ2) is 7.29. The Hall–Kier alpha value is -3.67. The molecule has 0 unspecified atom stereocenters. The Balaban J connectivity index is 1.73. The Bertz CT molecular complexity index is 1210. The van der Waals surface area contributed by atoms with Gasteiger partial charge in [-0.1, -0.05) is 24.0 Å². The summed E-state index contributed by atoms with van der Waals surface area (Å²) in [7, 11) is 2.86. The van der Waals surface area contributed by atoms with E-state index < -0.39 is 23.0 Å². The van der Waals surface area contributed by atoms with E-state index in [4.69, 9.17) is 0 Å². The van der Waals surface area contributed by atoms with Crippen LogP contribution in [-0.4, -0.2) is 31.1 Å². The lowest BCUT2D eigenvalue weighted by Crippen LogP contribution is -2.38. The number of benzene rings is 1. The summed E-state index contributed by atoms with van der Waals surface area (Å²) in [5, 5.41) is 2.57. The van der Waals surface area contributed by atoms with Crippen LogP contribution >= 0.6 is 0 Å². The predicted molar refractivity (Wildman–Crippen MR) is 96.5 cm³/mol. The van der Waals surface area contributed by atoms with Gasteiger partial charge in [-0.05, 0) is 12.1 Å². The monoisotopic (exact) mass is 369 g/mol. The molecule has 0 aliphatic rings. The lowest BCUT2D eigenvalue weighted by Gasteiger charge is -2.06. The van der Waals surface area contributed by atoms with Gasteiger partial charge < -0.3 is 9.88 Å². The van der Waals surface area contributed by atoms with Crippen LogP contribution in [0.15, 0.2) is 40.2 Å². The number of fused-ring (bicyclic) bond motifs is 1. The highest BCUT2D eigenvalue weighted by molar-refractivity contribution is 5.79. The van der Waals surface area contributed by atoms with Crippen LogP contribution in [0.2, 0.25) is 0 Å². The first kappa shape index (κ1) is 18.1. The van der Waals surface area contributed by atoms with Crippen molar-refractivity contribution in [3.63, 3.8) is 0 Å². The third-order valence-electron chi connectivity index (χ3n) is 4.00. The zero-order chi connectivity index (χ0) is 19.6. The highest BCUT2D eigenvalue weighted by Gasteiger charge is 2.15. The van der Waals surface area contributed by atoms with Gasteiger partial charge in [-0.3, -0.25) is 18.7 Å². The molecule has 0 aliphatic carbocycles. The molecule has 0 spiro atoms. The Kier molecular flexibility index (Phi) is 4.90. The second-order valence-corrected chi connectivity index (χ2v) is 5.81. The Labute approximate surface area is 152 Å². The van der Waals surface area contributed by atoms with Crippen LogP contribution in [0, 0.1) is 17.7 Å². The van der Waals surface area contributed by atoms with Crippen molar-refractivity contribution >= 4 is 17.1 Å². The molecule has 0 bridgehead atoms. The van der Waals surface area contributed by atoms with Crippen molar-refractivity contribution < 1.29 is 9.18 Å². The predicted octanol–water partition coefficient (Wildman–Crippen LogP) is -0.259. The first-order chi connectivity index (χ1) is 12.9. The summed E-state index contributed by atoms with van der Waals surface area (Å²) in [6.45, 7) is -0.137. The van der Waals surface area contributed by atoms with Gasteiger partial charge in [-0.25, -0.2) is 14.2 Å². The van der Waals surface area contributed by atoms with Crippen molar-refractivity contribution in [3.05, 3.63) is 62.8 Å². The maximum absolute atomic E-state index is 13.5. The number of imidazole rings is 1. The minimum Gasteiger partial charge on any atom is -0.344 e. The minimum atomic E-state index is -0.530. The number of aromatic nitrogens is 4. The quantitative estimate of drug-likeness (QED) is 0.644. The van der Waals surface area contributed by atoms with Gasteiger partial charge in [0.1, 0.15) is 12.4 Å². The fourth-order valence-corrected chi connectivity index (χ4v) is 2.57. The lowest BCUT2D eigenvalue weighted by atomic mass is 10.2. The average Bonchev–Trinajstić information content (AvgIpc) is 3.06. The second-order valence-electron chi connectivity index (χ2n) is 5.81. The van der Waals surface area contributed by atoms with E-state index in [1.165, 1.54) is 35.6 Å². The molecule has 1 amide bonds. The van der Waals surface area contributed by atoms with Gasteiger partial charge in [0.05, 0.1) is 18.4 Å². The van der Waals surface area contributed by atoms with Crippen molar-refractivity contribution in [3.8, 4) is 11.8 Å².